The molecule has 18 aromatic rings. The number of phenolic OH excluding ortho intramolecular Hbond substituents is 1. The van der Waals surface area contributed by atoms with Crippen LogP contribution in [0.4, 0.5) is 11.4 Å². The number of Topliss-reactive ketones (excluding diaryl/α,β-unsaturated/α-hetero) is 2. The van der Waals surface area contributed by atoms with Gasteiger partial charge in [-0.3, -0.25) is 29.4 Å². The van der Waals surface area contributed by atoms with Crippen LogP contribution >= 0.6 is 162 Å². The number of H-pyrrole nitrogens is 6. The Balaban J connectivity index is 0.000000107. The van der Waals surface area contributed by atoms with E-state index in [1.165, 1.54) is 72.0 Å². The van der Waals surface area contributed by atoms with Gasteiger partial charge in [-0.05, 0) is 222 Å². The van der Waals surface area contributed by atoms with Crippen LogP contribution in [0.2, 0.25) is 0 Å². The number of amides is 1. The Morgan fingerprint density at radius 2 is 1.23 bits per heavy atom. The van der Waals surface area contributed by atoms with Gasteiger partial charge in [0.25, 0.3) is 0 Å². The maximum atomic E-state index is 12.9. The monoisotopic (exact) mass is 2400 g/mol. The minimum atomic E-state index is -0.0146. The first-order valence-electron chi connectivity index (χ1n) is 43.2. The number of halogens is 9. The van der Waals surface area contributed by atoms with Gasteiger partial charge >= 0.3 is 29.6 Å². The van der Waals surface area contributed by atoms with Crippen molar-refractivity contribution in [1.82, 2.24) is 53.6 Å². The van der Waals surface area contributed by atoms with Gasteiger partial charge in [0.1, 0.15) is 28.2 Å². The molecule has 0 spiro atoms. The van der Waals surface area contributed by atoms with Gasteiger partial charge in [-0.2, -0.15) is 24.3 Å². The summed E-state index contributed by atoms with van der Waals surface area (Å²) in [6.45, 7) is 5.41. The third kappa shape index (κ3) is 18.6. The maximum Gasteiger partial charge on any atom is 1.00 e. The summed E-state index contributed by atoms with van der Waals surface area (Å²) in [5, 5.41) is 28.6. The number of nitrogens with two attached hydrogens (primary N) is 1. The number of rotatable bonds is 13. The molecule has 12 heterocycles. The number of hydrogen-bond acceptors (Lipinski definition) is 13. The van der Waals surface area contributed by atoms with E-state index in [4.69, 9.17) is 15.7 Å². The first kappa shape index (κ1) is 93.4. The van der Waals surface area contributed by atoms with E-state index < -0.39 is 0 Å². The summed E-state index contributed by atoms with van der Waals surface area (Å²) < 4.78 is 11.7. The van der Waals surface area contributed by atoms with Gasteiger partial charge < -0.3 is 56.7 Å². The second kappa shape index (κ2) is 40.2. The Hall–Kier alpha value is -8.58. The largest absolute Gasteiger partial charge is 1.00 e. The zero-order valence-corrected chi connectivity index (χ0v) is 89.2. The van der Waals surface area contributed by atoms with Crippen molar-refractivity contribution in [2.24, 2.45) is 21.6 Å². The third-order valence-electron chi connectivity index (χ3n) is 25.6. The molecular formula is C103H81Br8IN15NaO4S. The molecule has 1 unspecified atom stereocenters. The topological polar surface area (TPSA) is 282 Å². The van der Waals surface area contributed by atoms with Crippen LogP contribution in [0.25, 0.3) is 109 Å². The second-order valence-corrected chi connectivity index (χ2v) is 42.5. The molecule has 0 radical (unpaired) electrons. The zero-order chi connectivity index (χ0) is 90.9. The molecule has 1 fully saturated rings. The van der Waals surface area contributed by atoms with E-state index in [1.807, 2.05) is 98.0 Å². The number of thiazole rings is 1. The molecule has 19 nitrogen and oxygen atoms in total. The summed E-state index contributed by atoms with van der Waals surface area (Å²) in [6, 6.07) is 59.2. The van der Waals surface area contributed by atoms with Crippen LogP contribution in [0, 0.1) is 12.0 Å². The van der Waals surface area contributed by atoms with Gasteiger partial charge in [0, 0.05) is 238 Å². The number of benzene rings is 10. The van der Waals surface area contributed by atoms with Crippen LogP contribution < -0.4 is 51.2 Å². The quantitative estimate of drug-likeness (QED) is 0.0225. The maximum absolute atomic E-state index is 12.9. The summed E-state index contributed by atoms with van der Waals surface area (Å²) in [4.78, 5) is 75.9. The Morgan fingerprint density at radius 1 is 0.624 bits per heavy atom. The van der Waals surface area contributed by atoms with Gasteiger partial charge in [-0.15, -0.1) is 16.7 Å². The predicted octanol–water partition coefficient (Wildman–Crippen LogP) is 24.2. The van der Waals surface area contributed by atoms with Crippen molar-refractivity contribution in [2.45, 2.75) is 75.9 Å². The van der Waals surface area contributed by atoms with E-state index in [-0.39, 0.29) is 76.7 Å². The minimum Gasteiger partial charge on any atom is -0.507 e. The molecule has 8 aromatic heterocycles. The van der Waals surface area contributed by atoms with Crippen molar-refractivity contribution in [3.63, 3.8) is 0 Å². The van der Waals surface area contributed by atoms with Crippen molar-refractivity contribution in [3.05, 3.63) is 328 Å². The molecule has 662 valence electrons. The molecule has 6 aliphatic rings. The molecule has 0 saturated carbocycles. The average Bonchev–Trinajstić information content (AvgIpc) is 1.41. The van der Waals surface area contributed by atoms with Crippen LogP contribution in [0.15, 0.2) is 271 Å². The molecule has 0 bridgehead atoms. The predicted molar refractivity (Wildman–Crippen MR) is 573 cm³/mol. The summed E-state index contributed by atoms with van der Waals surface area (Å²) in [6.07, 6.45) is 23.4. The number of hydrogen-bond donors (Lipinski definition) is 11. The van der Waals surface area contributed by atoms with E-state index in [2.05, 4.69) is 343 Å². The van der Waals surface area contributed by atoms with Crippen molar-refractivity contribution in [3.8, 4) is 16.9 Å². The molecule has 1 saturated heterocycles. The van der Waals surface area contributed by atoms with E-state index >= 15 is 0 Å². The first-order valence-corrected chi connectivity index (χ1v) is 51.4. The fourth-order valence-electron chi connectivity index (χ4n) is 19.3. The molecule has 2 aliphatic carbocycles. The number of pyridine rings is 1. The number of para-hydroxylation sites is 1. The number of nitrogens with one attached hydrogen (secondary N) is 9. The van der Waals surface area contributed by atoms with Gasteiger partial charge in [0.05, 0.1) is 38.0 Å². The number of carbonyl (C=O) groups is 3. The van der Waals surface area contributed by atoms with Crippen molar-refractivity contribution >= 4 is 300 Å². The van der Waals surface area contributed by atoms with E-state index in [1.54, 1.807) is 17.4 Å². The number of aromatic nitrogens is 8. The van der Waals surface area contributed by atoms with E-state index in [9.17, 15) is 19.5 Å². The Kier molecular flexibility index (Phi) is 28.3. The number of aromatic amines is 6. The summed E-state index contributed by atoms with van der Waals surface area (Å²) >= 11 is 32.3. The van der Waals surface area contributed by atoms with Crippen molar-refractivity contribution in [1.29, 1.82) is 0 Å². The zero-order valence-electron chi connectivity index (χ0n) is 71.5. The number of ketones is 2. The minimum absolute atomic E-state index is 0. The number of carbonyl (C=O) groups excluding carboxylic acids is 3. The summed E-state index contributed by atoms with van der Waals surface area (Å²) in [7, 11) is 0. The number of fused-ring (bicyclic) bond motifs is 12. The molecule has 1 amide bonds. The molecule has 4 atom stereocenters. The Bertz CT molecular complexity index is 7740. The summed E-state index contributed by atoms with van der Waals surface area (Å²) in [5.41, 5.74) is 37.5. The van der Waals surface area contributed by atoms with E-state index in [0.29, 0.717) is 56.4 Å². The SMILES string of the molecule is CCC(=O)NCCc1c2c3c(ccnc3c3ncsc13)-c1ccccc1N2.NCC(c1c[nH]c2cc(Br)ccc12)c1c[nH]c2cc(Br)ccc12.O=C1CCC(c2c[nH]c3c[c-]ccc23)N=C1c1c[nH]c2cc(Br)ccc12.O=C1C[C@H](C2=CCc3cc(Br)ccc32)CN=C1c1c[nH]c2cc(Br)ccc12.Oc1cc(Br)c(Br)c2[nH]cc([C@H]3CN(I)[C@H](C4=CCc5cc(Br)ccc54)CN3)c12.[Na+]. The fraction of sp³-hybridized carbons (Fsp3) is 0.175. The van der Waals surface area contributed by atoms with Crippen molar-refractivity contribution < 1.29 is 49.0 Å². The standard InChI is InChI=1S/C22H16Br2N2O.C21H17Br3IN3O.C21H15BrN3O.C21H18N4OS.C18H15Br2N3.Na/c23-14-2-5-16-12(7-14)1-4-17(16)13-8-21(27)22(26-10-13)19-11-25-20-9-15(24)3-6-18(19)20;22-11-2-4-12-10(5-11)1-3-13(12)17-8-26-16(9-28(17)25)14-7-27-21-19(14)18(29)6-15(23)20(21)24;22-12-5-6-14-16(11-24-19(14)9-12)21-20(26)8-7-18(25-21)15-10-23-17-4-2-1-3-13(15)17;1-2-16(26)22-9-8-14-18-17-13(12-5-3-4-6-15(12)25-18)7-10-23-19(17)20-21(14)27-11-24-20;19-10-1-3-12-15(8-22-17(12)5-10)14(7-21)16-9-23-18-6-11(20)2-4-13(16)18;/h2-7,9,11,13,25H,1,8,10H2;2-7,16-17,26-27,29H,1,8-9H2;1,3-6,9-11,18,23-24H,7-8H2;3-7,10-11,25H,2,8-9H2,1H3,(H,22,26);1-6,8-9,14,22-23H,7,21H2;/q;;-1;;;+1/t13-;16-,17+;;;;/m01..../s1. The van der Waals surface area contributed by atoms with Gasteiger partial charge in [0.15, 0.2) is 11.6 Å². The molecule has 133 heavy (non-hydrogen) atoms. The van der Waals surface area contributed by atoms with Crippen LogP contribution in [-0.2, 0) is 33.6 Å². The van der Waals surface area contributed by atoms with Crippen LogP contribution in [0.1, 0.15) is 112 Å². The number of piperazine rings is 1. The van der Waals surface area contributed by atoms with Crippen molar-refractivity contribution in [2.75, 3.05) is 38.0 Å². The molecular weight excluding hydrogens is 2330 g/mol. The smallest absolute Gasteiger partial charge is 0.507 e. The van der Waals surface area contributed by atoms with Gasteiger partial charge in [0.2, 0.25) is 5.91 Å². The van der Waals surface area contributed by atoms with Gasteiger partial charge in [-0.1, -0.05) is 175 Å². The average molecular weight is 2410 g/mol. The fourth-order valence-corrected chi connectivity index (χ4v) is 24.2. The van der Waals surface area contributed by atoms with Crippen LogP contribution in [-0.4, -0.2) is 116 Å². The van der Waals surface area contributed by atoms with Crippen LogP contribution in [0.5, 0.6) is 5.75 Å². The number of phenols is 1. The molecule has 12 N–H and O–H groups in total. The first-order chi connectivity index (χ1) is 64.2. The molecule has 10 aromatic carbocycles. The number of nitrogens with zero attached hydrogens (tertiary/aromatic N) is 5. The Labute approximate surface area is 872 Å². The number of aromatic hydroxyl groups is 1. The number of anilines is 2. The number of aliphatic imine (C=N–C) groups is 2. The Morgan fingerprint density at radius 3 is 1.88 bits per heavy atom. The van der Waals surface area contributed by atoms with Crippen LogP contribution in [0.3, 0.4) is 0 Å². The van der Waals surface area contributed by atoms with Gasteiger partial charge in [-0.25, -0.2) is 8.10 Å². The molecule has 24 rings (SSSR count). The molecule has 30 heteroatoms. The molecule has 4 aliphatic heterocycles. The third-order valence-corrected chi connectivity index (χ3v) is 32.5. The van der Waals surface area contributed by atoms with E-state index in [0.717, 1.165) is 184 Å². The number of allylic oxidation sites excluding steroid dienone is 2. The second-order valence-electron chi connectivity index (χ2n) is 33.3. The normalized spacial score (nSPS) is 16.7. The summed E-state index contributed by atoms with van der Waals surface area (Å²) in [5.74, 6) is 0.918.